The summed E-state index contributed by atoms with van der Waals surface area (Å²) in [6.07, 6.45) is 7.13. The Morgan fingerprint density at radius 1 is 1.60 bits per heavy atom. The van der Waals surface area contributed by atoms with E-state index >= 15 is 0 Å². The van der Waals surface area contributed by atoms with Crippen molar-refractivity contribution in [2.24, 2.45) is 10.9 Å². The van der Waals surface area contributed by atoms with E-state index in [9.17, 15) is 0 Å². The van der Waals surface area contributed by atoms with E-state index in [1.807, 2.05) is 18.7 Å². The van der Waals surface area contributed by atoms with Crippen molar-refractivity contribution in [1.82, 2.24) is 5.32 Å². The minimum absolute atomic E-state index is 0.0411. The van der Waals surface area contributed by atoms with Crippen molar-refractivity contribution in [3.05, 3.63) is 0 Å². The highest BCUT2D eigenvalue weighted by molar-refractivity contribution is 7.99. The molecule has 3 atom stereocenters. The van der Waals surface area contributed by atoms with E-state index in [1.54, 1.807) is 0 Å². The zero-order valence-corrected chi connectivity index (χ0v) is 10.3. The lowest BCUT2D eigenvalue weighted by Crippen LogP contribution is -2.46. The summed E-state index contributed by atoms with van der Waals surface area (Å²) in [5.41, 5.74) is 5.53. The van der Waals surface area contributed by atoms with Gasteiger partial charge in [0.2, 0.25) is 0 Å². The van der Waals surface area contributed by atoms with Gasteiger partial charge in [-0.05, 0) is 32.4 Å². The van der Waals surface area contributed by atoms with E-state index in [1.165, 1.54) is 25.7 Å². The monoisotopic (exact) mass is 231 g/mol. The molecule has 0 saturated heterocycles. The Labute approximate surface area is 95.7 Å². The van der Waals surface area contributed by atoms with Crippen LogP contribution >= 0.6 is 11.8 Å². The van der Waals surface area contributed by atoms with E-state index in [0.29, 0.717) is 6.04 Å². The molecule has 0 radical (unpaired) electrons. The molecule has 4 N–H and O–H groups in total. The van der Waals surface area contributed by atoms with Crippen LogP contribution < -0.4 is 11.1 Å². The van der Waals surface area contributed by atoms with Crippen LogP contribution in [0.4, 0.5) is 0 Å². The van der Waals surface area contributed by atoms with Crippen molar-refractivity contribution in [3.63, 3.8) is 0 Å². The molecule has 0 amide bonds. The van der Waals surface area contributed by atoms with Crippen molar-refractivity contribution in [2.75, 3.05) is 6.26 Å². The summed E-state index contributed by atoms with van der Waals surface area (Å²) in [6.45, 7) is 1.93. The molecule has 0 aliphatic heterocycles. The molecule has 0 aromatic rings. The molecule has 15 heavy (non-hydrogen) atoms. The Kier molecular flexibility index (Phi) is 5.25. The summed E-state index contributed by atoms with van der Waals surface area (Å²) >= 11 is 1.94. The highest BCUT2D eigenvalue weighted by Gasteiger charge is 2.23. The maximum absolute atomic E-state index is 8.55. The Bertz CT molecular complexity index is 223. The predicted molar refractivity (Wildman–Crippen MR) is 65.6 cm³/mol. The molecule has 88 valence electrons. The van der Waals surface area contributed by atoms with Crippen LogP contribution in [-0.4, -0.2) is 34.6 Å². The van der Waals surface area contributed by atoms with Crippen molar-refractivity contribution in [2.45, 2.75) is 49.9 Å². The quantitative estimate of drug-likeness (QED) is 0.296. The molecule has 1 fully saturated rings. The first-order valence-electron chi connectivity index (χ1n) is 5.43. The molecule has 0 aromatic heterocycles. The Morgan fingerprint density at radius 2 is 2.33 bits per heavy atom. The molecule has 0 bridgehead atoms. The minimum atomic E-state index is -0.0411. The molecule has 0 heterocycles. The first-order valence-corrected chi connectivity index (χ1v) is 6.72. The van der Waals surface area contributed by atoms with Crippen molar-refractivity contribution in [1.29, 1.82) is 0 Å². The van der Waals surface area contributed by atoms with Gasteiger partial charge in [-0.3, -0.25) is 0 Å². The summed E-state index contributed by atoms with van der Waals surface area (Å²) in [5, 5.41) is 15.7. The van der Waals surface area contributed by atoms with Crippen LogP contribution in [0.3, 0.4) is 0 Å². The molecule has 0 aromatic carbocycles. The van der Waals surface area contributed by atoms with Crippen molar-refractivity contribution >= 4 is 17.6 Å². The summed E-state index contributed by atoms with van der Waals surface area (Å²) in [6, 6.07) is 0.465. The number of rotatable bonds is 4. The van der Waals surface area contributed by atoms with Gasteiger partial charge in [0.25, 0.3) is 0 Å². The summed E-state index contributed by atoms with van der Waals surface area (Å²) in [4.78, 5) is 0. The number of nitrogens with two attached hydrogens (primary N) is 1. The fourth-order valence-electron chi connectivity index (χ4n) is 2.04. The lowest BCUT2D eigenvalue weighted by atomic mass is 9.94. The van der Waals surface area contributed by atoms with E-state index < -0.39 is 0 Å². The Morgan fingerprint density at radius 3 is 2.93 bits per heavy atom. The maximum Gasteiger partial charge on any atom is 0.156 e. The first-order chi connectivity index (χ1) is 7.17. The molecule has 0 spiro atoms. The van der Waals surface area contributed by atoms with Gasteiger partial charge in [0.05, 0.1) is 6.04 Å². The van der Waals surface area contributed by atoms with Gasteiger partial charge in [0, 0.05) is 11.3 Å². The number of nitrogens with one attached hydrogen (secondary N) is 1. The molecule has 4 nitrogen and oxygen atoms in total. The average molecular weight is 231 g/mol. The smallest absolute Gasteiger partial charge is 0.156 e. The minimum Gasteiger partial charge on any atom is -0.409 e. The fraction of sp³-hybridized carbons (Fsp3) is 0.900. The highest BCUT2D eigenvalue weighted by Crippen LogP contribution is 2.27. The van der Waals surface area contributed by atoms with Crippen LogP contribution in [0.1, 0.15) is 32.6 Å². The summed E-state index contributed by atoms with van der Waals surface area (Å²) in [7, 11) is 0. The molecule has 1 rings (SSSR count). The van der Waals surface area contributed by atoms with Gasteiger partial charge in [0.15, 0.2) is 5.84 Å². The van der Waals surface area contributed by atoms with E-state index in [4.69, 9.17) is 10.9 Å². The van der Waals surface area contributed by atoms with Crippen LogP contribution in [0.15, 0.2) is 5.16 Å². The van der Waals surface area contributed by atoms with E-state index in [2.05, 4.69) is 16.7 Å². The van der Waals surface area contributed by atoms with Gasteiger partial charge in [0.1, 0.15) is 0 Å². The molecular weight excluding hydrogens is 210 g/mol. The SMILES string of the molecule is CSC1CCCC(NC(C)C(N)=NO)C1. The van der Waals surface area contributed by atoms with Crippen molar-refractivity contribution in [3.8, 4) is 0 Å². The number of amidine groups is 1. The number of hydrogen-bond acceptors (Lipinski definition) is 4. The molecule has 3 unspecified atom stereocenters. The van der Waals surface area contributed by atoms with Crippen LogP contribution in [0.2, 0.25) is 0 Å². The fourth-order valence-corrected chi connectivity index (χ4v) is 2.86. The van der Waals surface area contributed by atoms with Gasteiger partial charge in [-0.15, -0.1) is 0 Å². The third-order valence-electron chi connectivity index (χ3n) is 3.00. The first kappa shape index (κ1) is 12.6. The number of oxime groups is 1. The molecule has 5 heteroatoms. The van der Waals surface area contributed by atoms with Crippen LogP contribution in [0.25, 0.3) is 0 Å². The van der Waals surface area contributed by atoms with Gasteiger partial charge < -0.3 is 16.3 Å². The maximum atomic E-state index is 8.55. The van der Waals surface area contributed by atoms with Crippen LogP contribution in [-0.2, 0) is 0 Å². The third-order valence-corrected chi connectivity index (χ3v) is 4.10. The Hall–Kier alpha value is -0.420. The number of thioether (sulfide) groups is 1. The topological polar surface area (TPSA) is 70.6 Å². The second kappa shape index (κ2) is 6.23. The van der Waals surface area contributed by atoms with Gasteiger partial charge in [-0.25, -0.2) is 0 Å². The molecular formula is C10H21N3OS. The second-order valence-corrected chi connectivity index (χ2v) is 5.27. The van der Waals surface area contributed by atoms with E-state index in [-0.39, 0.29) is 11.9 Å². The predicted octanol–water partition coefficient (Wildman–Crippen LogP) is 1.39. The lowest BCUT2D eigenvalue weighted by Gasteiger charge is -2.30. The lowest BCUT2D eigenvalue weighted by molar-refractivity contribution is 0.311. The largest absolute Gasteiger partial charge is 0.409 e. The third kappa shape index (κ3) is 3.91. The van der Waals surface area contributed by atoms with Gasteiger partial charge in [-0.2, -0.15) is 11.8 Å². The Balaban J connectivity index is 2.37. The summed E-state index contributed by atoms with van der Waals surface area (Å²) < 4.78 is 0. The number of hydrogen-bond donors (Lipinski definition) is 3. The molecule has 1 saturated carbocycles. The molecule has 1 aliphatic rings. The highest BCUT2D eigenvalue weighted by atomic mass is 32.2. The van der Waals surface area contributed by atoms with Gasteiger partial charge >= 0.3 is 0 Å². The van der Waals surface area contributed by atoms with Crippen LogP contribution in [0.5, 0.6) is 0 Å². The second-order valence-electron chi connectivity index (χ2n) is 4.13. The molecule has 1 aliphatic carbocycles. The van der Waals surface area contributed by atoms with Crippen molar-refractivity contribution < 1.29 is 5.21 Å². The van der Waals surface area contributed by atoms with Crippen LogP contribution in [0, 0.1) is 0 Å². The number of nitrogens with zero attached hydrogens (tertiary/aromatic N) is 1. The zero-order chi connectivity index (χ0) is 11.3. The van der Waals surface area contributed by atoms with E-state index in [0.717, 1.165) is 5.25 Å². The standard InChI is InChI=1S/C10H21N3OS/c1-7(10(11)13-14)12-8-4-3-5-9(6-8)15-2/h7-9,12,14H,3-6H2,1-2H3,(H2,11,13). The summed E-state index contributed by atoms with van der Waals surface area (Å²) in [5.74, 6) is 0.265. The van der Waals surface area contributed by atoms with Gasteiger partial charge in [-0.1, -0.05) is 11.6 Å². The zero-order valence-electron chi connectivity index (χ0n) is 9.44. The normalized spacial score (nSPS) is 30.1. The average Bonchev–Trinajstić information content (AvgIpc) is 2.28.